The van der Waals surface area contributed by atoms with Crippen LogP contribution in [0.4, 0.5) is 18.0 Å². The van der Waals surface area contributed by atoms with E-state index in [-0.39, 0.29) is 6.61 Å². The van der Waals surface area contributed by atoms with Gasteiger partial charge in [0, 0.05) is 13.1 Å². The summed E-state index contributed by atoms with van der Waals surface area (Å²) < 4.78 is 36.2. The Kier molecular flexibility index (Phi) is 10.7. The number of amides is 1. The number of aliphatic hydroxyl groups is 2. The number of nitrogens with one attached hydrogen (secondary N) is 1. The van der Waals surface area contributed by atoms with Crippen molar-refractivity contribution < 1.29 is 42.8 Å². The summed E-state index contributed by atoms with van der Waals surface area (Å²) >= 11 is 0. The van der Waals surface area contributed by atoms with Crippen LogP contribution in [0, 0.1) is 0 Å². The van der Waals surface area contributed by atoms with Crippen molar-refractivity contribution in [1.29, 1.82) is 0 Å². The molecule has 19 heavy (non-hydrogen) atoms. The van der Waals surface area contributed by atoms with Crippen molar-refractivity contribution in [3.63, 3.8) is 0 Å². The highest BCUT2D eigenvalue weighted by Gasteiger charge is 2.38. The van der Waals surface area contributed by atoms with Gasteiger partial charge in [-0.25, -0.2) is 9.59 Å². The Labute approximate surface area is 106 Å². The number of hydrogen-bond donors (Lipinski definition) is 5. The maximum atomic E-state index is 10.6. The smallest absolute Gasteiger partial charge is 0.475 e. The molecule has 0 aromatic rings. The molecule has 0 bridgehead atoms. The number of carbonyl (C=O) groups excluding carboxylic acids is 1. The predicted molar refractivity (Wildman–Crippen MR) is 55.2 cm³/mol. The molecule has 0 rings (SSSR count). The Hall–Kier alpha value is -1.59. The van der Waals surface area contributed by atoms with Crippen molar-refractivity contribution in [2.75, 3.05) is 26.3 Å². The maximum Gasteiger partial charge on any atom is 0.490 e. The molecule has 0 heterocycles. The van der Waals surface area contributed by atoms with Crippen LogP contribution in [0.3, 0.4) is 0 Å². The standard InChI is InChI=1S/C6H14N2O4.C2HF3O2/c7-1-2-8-6(11)12-4-5(10)3-9;3-2(4,5)1(6)7/h5,9-10H,1-4,7H2,(H,8,11);(H,6,7). The highest BCUT2D eigenvalue weighted by Crippen LogP contribution is 2.13. The number of rotatable bonds is 5. The van der Waals surface area contributed by atoms with E-state index in [2.05, 4.69) is 10.1 Å². The third-order valence-electron chi connectivity index (χ3n) is 1.27. The van der Waals surface area contributed by atoms with E-state index in [0.717, 1.165) is 0 Å². The van der Waals surface area contributed by atoms with Crippen LogP contribution < -0.4 is 11.1 Å². The zero-order valence-corrected chi connectivity index (χ0v) is 9.68. The molecule has 1 unspecified atom stereocenters. The second-order valence-electron chi connectivity index (χ2n) is 2.95. The molecule has 0 radical (unpaired) electrons. The minimum Gasteiger partial charge on any atom is -0.475 e. The SMILES string of the molecule is NCCNC(=O)OCC(O)CO.O=C(O)C(F)(F)F. The molecule has 0 aromatic heterocycles. The van der Waals surface area contributed by atoms with E-state index in [1.165, 1.54) is 0 Å². The molecule has 1 amide bonds. The summed E-state index contributed by atoms with van der Waals surface area (Å²) in [6, 6.07) is 0. The average molecular weight is 292 g/mol. The van der Waals surface area contributed by atoms with Crippen molar-refractivity contribution in [3.8, 4) is 0 Å². The zero-order valence-electron chi connectivity index (χ0n) is 9.68. The molecule has 0 saturated carbocycles. The first-order valence-corrected chi connectivity index (χ1v) is 4.84. The Balaban J connectivity index is 0. The third-order valence-corrected chi connectivity index (χ3v) is 1.27. The first kappa shape index (κ1) is 19.7. The van der Waals surface area contributed by atoms with Crippen LogP contribution in [0.1, 0.15) is 0 Å². The summed E-state index contributed by atoms with van der Waals surface area (Å²) in [5.74, 6) is -2.76. The van der Waals surface area contributed by atoms with Crippen LogP contribution in [0.5, 0.6) is 0 Å². The quantitative estimate of drug-likeness (QED) is 0.422. The molecule has 0 aliphatic carbocycles. The first-order valence-electron chi connectivity index (χ1n) is 4.84. The Morgan fingerprint density at radius 2 is 1.84 bits per heavy atom. The van der Waals surface area contributed by atoms with Gasteiger partial charge in [-0.2, -0.15) is 13.2 Å². The van der Waals surface area contributed by atoms with E-state index in [0.29, 0.717) is 13.1 Å². The number of alkyl halides is 3. The first-order chi connectivity index (χ1) is 8.65. The van der Waals surface area contributed by atoms with Crippen molar-refractivity contribution in [2.24, 2.45) is 5.73 Å². The molecule has 0 fully saturated rings. The second kappa shape index (κ2) is 10.3. The maximum absolute atomic E-state index is 10.6. The fraction of sp³-hybridized carbons (Fsp3) is 0.750. The van der Waals surface area contributed by atoms with Gasteiger partial charge in [0.2, 0.25) is 0 Å². The summed E-state index contributed by atoms with van der Waals surface area (Å²) in [4.78, 5) is 19.5. The highest BCUT2D eigenvalue weighted by atomic mass is 19.4. The van der Waals surface area contributed by atoms with Gasteiger partial charge in [0.1, 0.15) is 12.7 Å². The van der Waals surface area contributed by atoms with Crippen molar-refractivity contribution in [3.05, 3.63) is 0 Å². The van der Waals surface area contributed by atoms with Gasteiger partial charge in [-0.1, -0.05) is 0 Å². The van der Waals surface area contributed by atoms with Gasteiger partial charge < -0.3 is 31.1 Å². The van der Waals surface area contributed by atoms with E-state index >= 15 is 0 Å². The predicted octanol–water partition coefficient (Wildman–Crippen LogP) is -1.34. The summed E-state index contributed by atoms with van der Waals surface area (Å²) in [5.41, 5.74) is 5.10. The number of carbonyl (C=O) groups is 2. The molecule has 0 aromatic carbocycles. The van der Waals surface area contributed by atoms with Crippen molar-refractivity contribution in [2.45, 2.75) is 12.3 Å². The van der Waals surface area contributed by atoms with Crippen LogP contribution in [0.2, 0.25) is 0 Å². The molecule has 6 N–H and O–H groups in total. The van der Waals surface area contributed by atoms with Gasteiger partial charge in [-0.3, -0.25) is 0 Å². The van der Waals surface area contributed by atoms with E-state index in [4.69, 9.17) is 25.8 Å². The van der Waals surface area contributed by atoms with E-state index < -0.39 is 30.9 Å². The molecule has 114 valence electrons. The van der Waals surface area contributed by atoms with Crippen LogP contribution in [-0.2, 0) is 9.53 Å². The molecular weight excluding hydrogens is 277 g/mol. The number of nitrogens with two attached hydrogens (primary N) is 1. The lowest BCUT2D eigenvalue weighted by Crippen LogP contribution is -2.32. The molecule has 0 aliphatic rings. The lowest BCUT2D eigenvalue weighted by atomic mass is 10.4. The van der Waals surface area contributed by atoms with Crippen molar-refractivity contribution >= 4 is 12.1 Å². The number of alkyl carbamates (subject to hydrolysis) is 1. The normalized spacial score (nSPS) is 11.9. The van der Waals surface area contributed by atoms with Gasteiger partial charge in [-0.15, -0.1) is 0 Å². The number of aliphatic hydroxyl groups excluding tert-OH is 2. The number of aliphatic carboxylic acids is 1. The highest BCUT2D eigenvalue weighted by molar-refractivity contribution is 5.73. The van der Waals surface area contributed by atoms with Crippen LogP contribution in [-0.4, -0.2) is 66.0 Å². The number of carboxylic acids is 1. The molecule has 8 nitrogen and oxygen atoms in total. The topological polar surface area (TPSA) is 142 Å². The Bertz CT molecular complexity index is 274. The minimum absolute atomic E-state index is 0.215. The Morgan fingerprint density at radius 3 is 2.16 bits per heavy atom. The monoisotopic (exact) mass is 292 g/mol. The summed E-state index contributed by atoms with van der Waals surface area (Å²) in [7, 11) is 0. The van der Waals surface area contributed by atoms with Crippen LogP contribution in [0.25, 0.3) is 0 Å². The van der Waals surface area contributed by atoms with Gasteiger partial charge >= 0.3 is 18.2 Å². The lowest BCUT2D eigenvalue weighted by molar-refractivity contribution is -0.192. The summed E-state index contributed by atoms with van der Waals surface area (Å²) in [6.45, 7) is 0.0166. The third kappa shape index (κ3) is 14.3. The fourth-order valence-electron chi connectivity index (χ4n) is 0.450. The second-order valence-corrected chi connectivity index (χ2v) is 2.95. The molecule has 1 atom stereocenters. The minimum atomic E-state index is -5.08. The lowest BCUT2D eigenvalue weighted by Gasteiger charge is -2.08. The van der Waals surface area contributed by atoms with E-state index in [9.17, 15) is 18.0 Å². The zero-order chi connectivity index (χ0) is 15.5. The number of carboxylic acid groups (broad SMARTS) is 1. The molecule has 11 heteroatoms. The van der Waals surface area contributed by atoms with Gasteiger partial charge in [0.05, 0.1) is 6.61 Å². The molecular formula is C8H15F3N2O6. The largest absolute Gasteiger partial charge is 0.490 e. The van der Waals surface area contributed by atoms with Crippen LogP contribution in [0.15, 0.2) is 0 Å². The van der Waals surface area contributed by atoms with Gasteiger partial charge in [0.15, 0.2) is 0 Å². The summed E-state index contributed by atoms with van der Waals surface area (Å²) in [5, 5.41) is 26.6. The van der Waals surface area contributed by atoms with Crippen molar-refractivity contribution in [1.82, 2.24) is 5.32 Å². The number of halogens is 3. The molecule has 0 aliphatic heterocycles. The average Bonchev–Trinajstić information content (AvgIpc) is 2.32. The number of hydrogen-bond acceptors (Lipinski definition) is 6. The van der Waals surface area contributed by atoms with E-state index in [1.54, 1.807) is 0 Å². The molecule has 0 saturated heterocycles. The fourth-order valence-corrected chi connectivity index (χ4v) is 0.450. The summed E-state index contributed by atoms with van der Waals surface area (Å²) in [6.07, 6.45) is -6.75. The Morgan fingerprint density at radius 1 is 1.37 bits per heavy atom. The van der Waals surface area contributed by atoms with Crippen LogP contribution >= 0.6 is 0 Å². The molecule has 0 spiro atoms. The van der Waals surface area contributed by atoms with Gasteiger partial charge in [0.25, 0.3) is 0 Å². The van der Waals surface area contributed by atoms with Gasteiger partial charge in [-0.05, 0) is 0 Å². The van der Waals surface area contributed by atoms with E-state index in [1.807, 2.05) is 0 Å². The number of ether oxygens (including phenoxy) is 1.